The van der Waals surface area contributed by atoms with E-state index in [-0.39, 0.29) is 18.4 Å². The van der Waals surface area contributed by atoms with Crippen LogP contribution in [0.3, 0.4) is 0 Å². The van der Waals surface area contributed by atoms with E-state index in [2.05, 4.69) is 10.6 Å². The van der Waals surface area contributed by atoms with Gasteiger partial charge in [0, 0.05) is 24.4 Å². The monoisotopic (exact) mass is 270 g/mol. The van der Waals surface area contributed by atoms with Crippen molar-refractivity contribution in [2.24, 2.45) is 0 Å². The minimum absolute atomic E-state index is 0.00987. The van der Waals surface area contributed by atoms with Crippen LogP contribution in [-0.2, 0) is 0 Å². The SMILES string of the molecule is CCC(CCO)NC(=O)Nc1ccc(OC)c(F)c1. The van der Waals surface area contributed by atoms with E-state index in [4.69, 9.17) is 9.84 Å². The predicted molar refractivity (Wildman–Crippen MR) is 70.9 cm³/mol. The maximum absolute atomic E-state index is 13.4. The zero-order chi connectivity index (χ0) is 14.3. The second-order valence-corrected chi connectivity index (χ2v) is 4.07. The van der Waals surface area contributed by atoms with Gasteiger partial charge in [-0.2, -0.15) is 0 Å². The number of nitrogens with one attached hydrogen (secondary N) is 2. The number of halogens is 1. The molecule has 1 unspecified atom stereocenters. The van der Waals surface area contributed by atoms with Crippen LogP contribution in [0.5, 0.6) is 5.75 Å². The van der Waals surface area contributed by atoms with Gasteiger partial charge < -0.3 is 20.5 Å². The molecule has 0 saturated heterocycles. The van der Waals surface area contributed by atoms with E-state index in [0.29, 0.717) is 18.5 Å². The van der Waals surface area contributed by atoms with Gasteiger partial charge in [-0.15, -0.1) is 0 Å². The maximum Gasteiger partial charge on any atom is 0.319 e. The third-order valence-electron chi connectivity index (χ3n) is 2.72. The van der Waals surface area contributed by atoms with Crippen LogP contribution in [0.25, 0.3) is 0 Å². The predicted octanol–water partition coefficient (Wildman–Crippen LogP) is 2.12. The summed E-state index contributed by atoms with van der Waals surface area (Å²) in [5.74, 6) is -0.416. The van der Waals surface area contributed by atoms with Crippen molar-refractivity contribution in [2.75, 3.05) is 19.0 Å². The van der Waals surface area contributed by atoms with Gasteiger partial charge in [0.05, 0.1) is 7.11 Å². The molecule has 0 spiro atoms. The highest BCUT2D eigenvalue weighted by atomic mass is 19.1. The van der Waals surface area contributed by atoms with Crippen LogP contribution in [0.1, 0.15) is 19.8 Å². The molecule has 0 aromatic heterocycles. The van der Waals surface area contributed by atoms with E-state index in [1.165, 1.54) is 19.2 Å². The first-order valence-electron chi connectivity index (χ1n) is 6.12. The molecule has 6 heteroatoms. The minimum Gasteiger partial charge on any atom is -0.494 e. The fraction of sp³-hybridized carbons (Fsp3) is 0.462. The Morgan fingerprint density at radius 1 is 1.53 bits per heavy atom. The first kappa shape index (κ1) is 15.2. The Kier molecular flexibility index (Phi) is 6.08. The molecule has 0 radical (unpaired) electrons. The fourth-order valence-corrected chi connectivity index (χ4v) is 1.63. The number of benzene rings is 1. The van der Waals surface area contributed by atoms with Crippen LogP contribution in [0, 0.1) is 5.82 Å². The molecule has 0 saturated carbocycles. The summed E-state index contributed by atoms with van der Waals surface area (Å²) in [5, 5.41) is 14.1. The molecule has 0 aliphatic heterocycles. The van der Waals surface area contributed by atoms with Crippen LogP contribution in [0.15, 0.2) is 18.2 Å². The number of rotatable bonds is 6. The van der Waals surface area contributed by atoms with Gasteiger partial charge in [0.2, 0.25) is 0 Å². The summed E-state index contributed by atoms with van der Waals surface area (Å²) < 4.78 is 18.2. The molecular weight excluding hydrogens is 251 g/mol. The third kappa shape index (κ3) is 4.75. The van der Waals surface area contributed by atoms with Gasteiger partial charge in [-0.05, 0) is 25.0 Å². The zero-order valence-corrected chi connectivity index (χ0v) is 11.1. The number of anilines is 1. The summed E-state index contributed by atoms with van der Waals surface area (Å²) in [4.78, 5) is 11.7. The van der Waals surface area contributed by atoms with Crippen molar-refractivity contribution in [1.29, 1.82) is 0 Å². The van der Waals surface area contributed by atoms with Crippen molar-refractivity contribution >= 4 is 11.7 Å². The maximum atomic E-state index is 13.4. The average molecular weight is 270 g/mol. The molecular formula is C13H19FN2O3. The highest BCUT2D eigenvalue weighted by Gasteiger charge is 2.11. The summed E-state index contributed by atoms with van der Waals surface area (Å²) in [7, 11) is 1.37. The van der Waals surface area contributed by atoms with Gasteiger partial charge in [0.15, 0.2) is 11.6 Å². The molecule has 2 amide bonds. The van der Waals surface area contributed by atoms with Gasteiger partial charge in [0.25, 0.3) is 0 Å². The van der Waals surface area contributed by atoms with Gasteiger partial charge in [-0.25, -0.2) is 9.18 Å². The van der Waals surface area contributed by atoms with Crippen molar-refractivity contribution in [1.82, 2.24) is 5.32 Å². The smallest absolute Gasteiger partial charge is 0.319 e. The van der Waals surface area contributed by atoms with Gasteiger partial charge in [-0.3, -0.25) is 0 Å². The van der Waals surface area contributed by atoms with Gasteiger partial charge in [-0.1, -0.05) is 6.92 Å². The van der Waals surface area contributed by atoms with E-state index in [0.717, 1.165) is 0 Å². The van der Waals surface area contributed by atoms with E-state index < -0.39 is 11.8 Å². The van der Waals surface area contributed by atoms with Crippen LogP contribution in [0.2, 0.25) is 0 Å². The Morgan fingerprint density at radius 2 is 2.26 bits per heavy atom. The summed E-state index contributed by atoms with van der Waals surface area (Å²) in [6.07, 6.45) is 1.20. The number of amides is 2. The zero-order valence-electron chi connectivity index (χ0n) is 11.1. The lowest BCUT2D eigenvalue weighted by Crippen LogP contribution is -2.38. The molecule has 0 aliphatic carbocycles. The molecule has 1 rings (SSSR count). The van der Waals surface area contributed by atoms with Crippen molar-refractivity contribution in [3.8, 4) is 5.75 Å². The number of ether oxygens (including phenoxy) is 1. The Bertz CT molecular complexity index is 426. The number of methoxy groups -OCH3 is 1. The summed E-state index contributed by atoms with van der Waals surface area (Å²) in [6.45, 7) is 1.92. The minimum atomic E-state index is -0.539. The molecule has 0 fully saturated rings. The van der Waals surface area contributed by atoms with Crippen molar-refractivity contribution in [2.45, 2.75) is 25.8 Å². The topological polar surface area (TPSA) is 70.6 Å². The van der Waals surface area contributed by atoms with Crippen LogP contribution < -0.4 is 15.4 Å². The van der Waals surface area contributed by atoms with E-state index in [1.807, 2.05) is 6.92 Å². The van der Waals surface area contributed by atoms with E-state index >= 15 is 0 Å². The lowest BCUT2D eigenvalue weighted by atomic mass is 10.2. The third-order valence-corrected chi connectivity index (χ3v) is 2.72. The fourth-order valence-electron chi connectivity index (χ4n) is 1.63. The number of carbonyl (C=O) groups is 1. The Hall–Kier alpha value is -1.82. The van der Waals surface area contributed by atoms with E-state index in [9.17, 15) is 9.18 Å². The number of hydrogen-bond donors (Lipinski definition) is 3. The average Bonchev–Trinajstić information content (AvgIpc) is 2.38. The molecule has 0 aliphatic rings. The second kappa shape index (κ2) is 7.58. The highest BCUT2D eigenvalue weighted by Crippen LogP contribution is 2.20. The summed E-state index contributed by atoms with van der Waals surface area (Å²) >= 11 is 0. The molecule has 1 atom stereocenters. The molecule has 19 heavy (non-hydrogen) atoms. The molecule has 106 valence electrons. The molecule has 3 N–H and O–H groups in total. The number of carbonyl (C=O) groups excluding carboxylic acids is 1. The molecule has 0 heterocycles. The molecule has 0 bridgehead atoms. The van der Waals surface area contributed by atoms with E-state index in [1.54, 1.807) is 6.07 Å². The molecule has 1 aromatic rings. The van der Waals surface area contributed by atoms with Crippen LogP contribution in [0.4, 0.5) is 14.9 Å². The molecule has 1 aromatic carbocycles. The van der Waals surface area contributed by atoms with Gasteiger partial charge >= 0.3 is 6.03 Å². The largest absolute Gasteiger partial charge is 0.494 e. The van der Waals surface area contributed by atoms with Crippen molar-refractivity contribution in [3.63, 3.8) is 0 Å². The summed E-state index contributed by atoms with van der Waals surface area (Å²) in [6, 6.07) is 3.65. The number of urea groups is 1. The first-order chi connectivity index (χ1) is 9.10. The van der Waals surface area contributed by atoms with Crippen LogP contribution in [-0.4, -0.2) is 30.9 Å². The standard InChI is InChI=1S/C13H19FN2O3/c1-3-9(6-7-17)15-13(18)16-10-4-5-12(19-2)11(14)8-10/h4-5,8-9,17H,3,6-7H2,1-2H3,(H2,15,16,18). The van der Waals surface area contributed by atoms with Crippen molar-refractivity contribution < 1.29 is 19.0 Å². The van der Waals surface area contributed by atoms with Gasteiger partial charge in [0.1, 0.15) is 0 Å². The van der Waals surface area contributed by atoms with Crippen LogP contribution >= 0.6 is 0 Å². The Balaban J connectivity index is 2.59. The number of aliphatic hydroxyl groups excluding tert-OH is 1. The van der Waals surface area contributed by atoms with Crippen molar-refractivity contribution in [3.05, 3.63) is 24.0 Å². The highest BCUT2D eigenvalue weighted by molar-refractivity contribution is 5.89. The number of hydrogen-bond acceptors (Lipinski definition) is 3. The first-order valence-corrected chi connectivity index (χ1v) is 6.12. The normalized spacial score (nSPS) is 11.8. The molecule has 5 nitrogen and oxygen atoms in total. The Labute approximate surface area is 111 Å². The number of aliphatic hydroxyl groups is 1. The lowest BCUT2D eigenvalue weighted by molar-refractivity contribution is 0.237. The summed E-state index contributed by atoms with van der Waals surface area (Å²) in [5.41, 5.74) is 0.342. The second-order valence-electron chi connectivity index (χ2n) is 4.07. The lowest BCUT2D eigenvalue weighted by Gasteiger charge is -2.16. The Morgan fingerprint density at radius 3 is 2.79 bits per heavy atom. The quantitative estimate of drug-likeness (QED) is 0.741.